The fourth-order valence-electron chi connectivity index (χ4n) is 4.90. The molecule has 1 fully saturated rings. The Kier molecular flexibility index (Phi) is 15.2. The lowest BCUT2D eigenvalue weighted by atomic mass is 9.84. The summed E-state index contributed by atoms with van der Waals surface area (Å²) >= 11 is 2.35. The van der Waals surface area contributed by atoms with Gasteiger partial charge in [-0.1, -0.05) is 80.5 Å². The Morgan fingerprint density at radius 1 is 0.976 bits per heavy atom. The average molecular weight is 739 g/mol. The molecule has 0 aliphatic carbocycles. The number of halogens is 1. The molecule has 0 saturated carbocycles. The summed E-state index contributed by atoms with van der Waals surface area (Å²) in [4.78, 5) is 13.2. The lowest BCUT2D eigenvalue weighted by Crippen LogP contribution is -2.55. The van der Waals surface area contributed by atoms with Gasteiger partial charge in [-0.2, -0.15) is 0 Å². The predicted octanol–water partition coefficient (Wildman–Crippen LogP) is 9.51. The van der Waals surface area contributed by atoms with Crippen LogP contribution in [-0.4, -0.2) is 60.9 Å². The lowest BCUT2D eigenvalue weighted by molar-refractivity contribution is -0.177. The van der Waals surface area contributed by atoms with Crippen LogP contribution in [0.15, 0.2) is 21.8 Å². The number of methoxy groups -OCH3 is 1. The standard InChI is InChI=1S/C33H63IO6Si2/c1-22(29(37-21-36-12)23(2)19-24(3)34)17-18-27(39-41(13,14)32(6,7)8)20-28-25(4)30(26(5)31(35)38-28)40-42(15,16)33(9,10)11/h17-19,22-23,25-30H,20-21H2,1-16H3/b18-17-,24-19-/t22-,23-,25-,26+,27+,28?,29-,30-/m0/s1. The number of esters is 1. The first-order valence-electron chi connectivity index (χ1n) is 15.6. The van der Waals surface area contributed by atoms with Crippen molar-refractivity contribution in [1.29, 1.82) is 0 Å². The van der Waals surface area contributed by atoms with Crippen LogP contribution >= 0.6 is 22.6 Å². The molecule has 0 aromatic carbocycles. The normalized spacial score (nSPS) is 26.2. The molecule has 0 bridgehead atoms. The molecule has 0 amide bonds. The predicted molar refractivity (Wildman–Crippen MR) is 189 cm³/mol. The van der Waals surface area contributed by atoms with Crippen LogP contribution in [0, 0.1) is 23.7 Å². The third-order valence-electron chi connectivity index (χ3n) is 9.73. The molecule has 1 saturated heterocycles. The number of hydrogen-bond donors (Lipinski definition) is 0. The Hall–Kier alpha value is -0.0462. The molecule has 9 heteroatoms. The Balaban J connectivity index is 3.38. The molecule has 1 aliphatic rings. The molecule has 1 aliphatic heterocycles. The van der Waals surface area contributed by atoms with E-state index >= 15 is 0 Å². The summed E-state index contributed by atoms with van der Waals surface area (Å²) in [7, 11) is -2.56. The SMILES string of the molecule is COCO[C@@H]([C@@H](C)/C=C\[C@H](CC1OC(=O)[C@H](C)[C@@H](O[Si](C)(C)C(C)(C)C)[C@H]1C)O[Si](C)(C)C(C)(C)C)[C@@H](C)/C=C(/C)I. The first-order chi connectivity index (χ1) is 18.9. The second kappa shape index (κ2) is 16.0. The van der Waals surface area contributed by atoms with Crippen LogP contribution < -0.4 is 0 Å². The van der Waals surface area contributed by atoms with Crippen molar-refractivity contribution in [3.8, 4) is 0 Å². The van der Waals surface area contributed by atoms with Gasteiger partial charge in [0.2, 0.25) is 0 Å². The number of ether oxygens (including phenoxy) is 3. The van der Waals surface area contributed by atoms with E-state index in [-0.39, 0.29) is 70.9 Å². The zero-order valence-electron chi connectivity index (χ0n) is 29.6. The molecule has 1 unspecified atom stereocenters. The van der Waals surface area contributed by atoms with Crippen molar-refractivity contribution in [2.45, 2.75) is 143 Å². The quantitative estimate of drug-likeness (QED) is 0.0582. The molecule has 0 spiro atoms. The highest BCUT2D eigenvalue weighted by molar-refractivity contribution is 14.1. The molecule has 1 rings (SSSR count). The monoisotopic (exact) mass is 738 g/mol. The number of carbonyl (C=O) groups is 1. The summed E-state index contributed by atoms with van der Waals surface area (Å²) in [6.45, 7) is 33.4. The number of cyclic esters (lactones) is 1. The van der Waals surface area contributed by atoms with Gasteiger partial charge in [0.05, 0.1) is 24.2 Å². The van der Waals surface area contributed by atoms with Gasteiger partial charge in [-0.25, -0.2) is 0 Å². The van der Waals surface area contributed by atoms with Gasteiger partial charge in [0.1, 0.15) is 12.9 Å². The highest BCUT2D eigenvalue weighted by Crippen LogP contribution is 2.43. The van der Waals surface area contributed by atoms with E-state index in [1.165, 1.54) is 3.58 Å². The maximum Gasteiger partial charge on any atom is 0.311 e. The molecule has 8 atom stereocenters. The Bertz CT molecular complexity index is 916. The van der Waals surface area contributed by atoms with Crippen molar-refractivity contribution in [2.24, 2.45) is 23.7 Å². The highest BCUT2D eigenvalue weighted by Gasteiger charge is 2.48. The van der Waals surface area contributed by atoms with Crippen molar-refractivity contribution in [1.82, 2.24) is 0 Å². The van der Waals surface area contributed by atoms with E-state index in [9.17, 15) is 4.79 Å². The second-order valence-corrected chi connectivity index (χ2v) is 26.7. The van der Waals surface area contributed by atoms with Gasteiger partial charge in [-0.05, 0) is 76.3 Å². The van der Waals surface area contributed by atoms with Crippen molar-refractivity contribution >= 4 is 45.2 Å². The minimum absolute atomic E-state index is 0.0449. The first kappa shape index (κ1) is 40.0. The molecular formula is C33H63IO6Si2. The number of rotatable bonds is 14. The second-order valence-electron chi connectivity index (χ2n) is 15.5. The Labute approximate surface area is 274 Å². The third kappa shape index (κ3) is 11.4. The van der Waals surface area contributed by atoms with Gasteiger partial charge >= 0.3 is 5.97 Å². The van der Waals surface area contributed by atoms with E-state index < -0.39 is 16.6 Å². The van der Waals surface area contributed by atoms with Crippen LogP contribution in [0.25, 0.3) is 0 Å². The Morgan fingerprint density at radius 2 is 1.52 bits per heavy atom. The van der Waals surface area contributed by atoms with Crippen LogP contribution in [0.3, 0.4) is 0 Å². The van der Waals surface area contributed by atoms with Crippen molar-refractivity contribution in [3.63, 3.8) is 0 Å². The molecule has 246 valence electrons. The van der Waals surface area contributed by atoms with Crippen molar-refractivity contribution < 1.29 is 27.9 Å². The number of carbonyl (C=O) groups excluding carboxylic acids is 1. The Morgan fingerprint density at radius 3 is 2.00 bits per heavy atom. The van der Waals surface area contributed by atoms with E-state index in [2.05, 4.69) is 136 Å². The molecule has 0 N–H and O–H groups in total. The smallest absolute Gasteiger partial charge is 0.311 e. The van der Waals surface area contributed by atoms with E-state index in [0.717, 1.165) is 0 Å². The topological polar surface area (TPSA) is 63.2 Å². The molecule has 6 nitrogen and oxygen atoms in total. The number of hydrogen-bond acceptors (Lipinski definition) is 6. The number of allylic oxidation sites excluding steroid dienone is 1. The van der Waals surface area contributed by atoms with Gasteiger partial charge in [0.15, 0.2) is 16.6 Å². The fraction of sp³-hybridized carbons (Fsp3) is 0.848. The summed E-state index contributed by atoms with van der Waals surface area (Å²) < 4.78 is 32.6. The first-order valence-corrected chi connectivity index (χ1v) is 22.5. The summed E-state index contributed by atoms with van der Waals surface area (Å²) in [6, 6.07) is 0. The molecule has 42 heavy (non-hydrogen) atoms. The summed E-state index contributed by atoms with van der Waals surface area (Å²) in [5.74, 6) is -0.0831. The van der Waals surface area contributed by atoms with Gasteiger partial charge in [0.25, 0.3) is 0 Å². The molecular weight excluding hydrogens is 675 g/mol. The van der Waals surface area contributed by atoms with Gasteiger partial charge in [-0.15, -0.1) is 0 Å². The van der Waals surface area contributed by atoms with E-state index in [1.807, 2.05) is 6.92 Å². The van der Waals surface area contributed by atoms with Crippen molar-refractivity contribution in [3.05, 3.63) is 21.8 Å². The van der Waals surface area contributed by atoms with Crippen molar-refractivity contribution in [2.75, 3.05) is 13.9 Å². The molecule has 0 aromatic rings. The fourth-order valence-corrected chi connectivity index (χ4v) is 8.20. The minimum Gasteiger partial charge on any atom is -0.462 e. The van der Waals surface area contributed by atoms with Gasteiger partial charge in [-0.3, -0.25) is 4.79 Å². The molecule has 1 heterocycles. The zero-order valence-corrected chi connectivity index (χ0v) is 33.8. The van der Waals surface area contributed by atoms with Gasteiger partial charge in [0, 0.05) is 31.3 Å². The van der Waals surface area contributed by atoms with Crippen LogP contribution in [-0.2, 0) is 27.9 Å². The molecule has 0 aromatic heterocycles. The summed E-state index contributed by atoms with van der Waals surface area (Å²) in [5.41, 5.74) is 0. The van der Waals surface area contributed by atoms with E-state index in [0.29, 0.717) is 6.42 Å². The lowest BCUT2D eigenvalue weighted by Gasteiger charge is -2.47. The van der Waals surface area contributed by atoms with Crippen LogP contribution in [0.1, 0.15) is 82.6 Å². The van der Waals surface area contributed by atoms with E-state index in [1.54, 1.807) is 7.11 Å². The van der Waals surface area contributed by atoms with E-state index in [4.69, 9.17) is 23.1 Å². The third-order valence-corrected chi connectivity index (χ3v) is 19.1. The van der Waals surface area contributed by atoms with Crippen LogP contribution in [0.2, 0.25) is 36.3 Å². The molecule has 0 radical (unpaired) electrons. The minimum atomic E-state index is -2.13. The van der Waals surface area contributed by atoms with Gasteiger partial charge < -0.3 is 23.1 Å². The maximum absolute atomic E-state index is 13.2. The largest absolute Gasteiger partial charge is 0.462 e. The van der Waals surface area contributed by atoms with Crippen LogP contribution in [0.4, 0.5) is 0 Å². The summed E-state index contributed by atoms with van der Waals surface area (Å²) in [6.07, 6.45) is 6.52. The zero-order chi connectivity index (χ0) is 32.8. The highest BCUT2D eigenvalue weighted by atomic mass is 127. The maximum atomic E-state index is 13.2. The average Bonchev–Trinajstić information content (AvgIpc) is 2.81. The summed E-state index contributed by atoms with van der Waals surface area (Å²) in [5, 5.41) is 0.100. The van der Waals surface area contributed by atoms with Crippen LogP contribution in [0.5, 0.6) is 0 Å².